The molecule has 7 heteroatoms. The Labute approximate surface area is 131 Å². The summed E-state index contributed by atoms with van der Waals surface area (Å²) >= 11 is 1.59. The van der Waals surface area contributed by atoms with Crippen molar-refractivity contribution in [3.05, 3.63) is 61.8 Å². The number of nitro benzene ring substituents is 1. The lowest BCUT2D eigenvalue weighted by atomic mass is 10.1. The number of rotatable bonds is 6. The summed E-state index contributed by atoms with van der Waals surface area (Å²) in [6.07, 6.45) is -0.273. The maximum absolute atomic E-state index is 12.2. The van der Waals surface area contributed by atoms with Crippen molar-refractivity contribution in [1.29, 1.82) is 0 Å². The average Bonchev–Trinajstić information content (AvgIpc) is 2.94. The van der Waals surface area contributed by atoms with E-state index in [1.807, 2.05) is 19.1 Å². The Bertz CT molecular complexity index is 684. The van der Waals surface area contributed by atoms with E-state index in [0.29, 0.717) is 0 Å². The summed E-state index contributed by atoms with van der Waals surface area (Å²) in [5, 5.41) is 13.6. The van der Waals surface area contributed by atoms with E-state index >= 15 is 0 Å². The molecule has 1 N–H and O–H groups in total. The van der Waals surface area contributed by atoms with Gasteiger partial charge in [0, 0.05) is 29.5 Å². The molecule has 0 radical (unpaired) electrons. The number of para-hydroxylation sites is 1. The molecule has 2 rings (SSSR count). The first-order chi connectivity index (χ1) is 10.5. The summed E-state index contributed by atoms with van der Waals surface area (Å²) in [7, 11) is 1.57. The van der Waals surface area contributed by atoms with Crippen molar-refractivity contribution in [2.24, 2.45) is 0 Å². The molecule has 0 aliphatic heterocycles. The van der Waals surface area contributed by atoms with Gasteiger partial charge in [-0.15, -0.1) is 11.3 Å². The maximum atomic E-state index is 12.2. The zero-order valence-corrected chi connectivity index (χ0v) is 13.1. The van der Waals surface area contributed by atoms with Crippen molar-refractivity contribution >= 4 is 22.9 Å². The Kier molecular flexibility index (Phi) is 5.24. The van der Waals surface area contributed by atoms with E-state index in [2.05, 4.69) is 5.32 Å². The Morgan fingerprint density at radius 2 is 2.09 bits per heavy atom. The number of amides is 1. The molecule has 0 fully saturated rings. The largest absolute Gasteiger partial charge is 0.374 e. The SMILES string of the molecule is COC(CNC(=O)c1ccccc1[N+](=O)[O-])c1ccc(C)s1. The first kappa shape index (κ1) is 16.1. The normalized spacial score (nSPS) is 11.9. The molecular formula is C15H16N2O4S. The predicted molar refractivity (Wildman–Crippen MR) is 84.2 cm³/mol. The fraction of sp³-hybridized carbons (Fsp3) is 0.267. The monoisotopic (exact) mass is 320 g/mol. The number of carbonyl (C=O) groups excluding carboxylic acids is 1. The molecule has 116 valence electrons. The topological polar surface area (TPSA) is 81.5 Å². The Balaban J connectivity index is 2.08. The number of benzene rings is 1. The van der Waals surface area contributed by atoms with E-state index < -0.39 is 10.8 Å². The van der Waals surface area contributed by atoms with Gasteiger partial charge in [-0.05, 0) is 25.1 Å². The van der Waals surface area contributed by atoms with Crippen molar-refractivity contribution in [1.82, 2.24) is 5.32 Å². The summed E-state index contributed by atoms with van der Waals surface area (Å²) in [4.78, 5) is 24.7. The van der Waals surface area contributed by atoms with Gasteiger partial charge in [-0.25, -0.2) is 0 Å². The molecule has 0 saturated carbocycles. The standard InChI is InChI=1S/C15H16N2O4S/c1-10-7-8-14(22-10)13(21-2)9-16-15(18)11-5-3-4-6-12(11)17(19)20/h3-8,13H,9H2,1-2H3,(H,16,18). The highest BCUT2D eigenvalue weighted by molar-refractivity contribution is 7.12. The van der Waals surface area contributed by atoms with E-state index in [1.165, 1.54) is 18.2 Å². The second-order valence-electron chi connectivity index (χ2n) is 4.66. The van der Waals surface area contributed by atoms with E-state index in [0.717, 1.165) is 9.75 Å². The van der Waals surface area contributed by atoms with Crippen LogP contribution in [0, 0.1) is 17.0 Å². The second-order valence-corrected chi connectivity index (χ2v) is 5.98. The molecule has 1 aromatic carbocycles. The number of nitrogens with one attached hydrogen (secondary N) is 1. The molecule has 0 spiro atoms. The van der Waals surface area contributed by atoms with Crippen molar-refractivity contribution in [2.75, 3.05) is 13.7 Å². The number of methoxy groups -OCH3 is 1. The lowest BCUT2D eigenvalue weighted by Gasteiger charge is -2.14. The van der Waals surface area contributed by atoms with Crippen LogP contribution in [0.3, 0.4) is 0 Å². The van der Waals surface area contributed by atoms with Crippen LogP contribution in [0.4, 0.5) is 5.69 Å². The fourth-order valence-corrected chi connectivity index (χ4v) is 2.99. The molecule has 1 unspecified atom stereocenters. The van der Waals surface area contributed by atoms with Crippen LogP contribution in [0.15, 0.2) is 36.4 Å². The van der Waals surface area contributed by atoms with Crippen LogP contribution < -0.4 is 5.32 Å². The smallest absolute Gasteiger partial charge is 0.282 e. The maximum Gasteiger partial charge on any atom is 0.282 e. The van der Waals surface area contributed by atoms with Gasteiger partial charge < -0.3 is 10.1 Å². The number of thiophene rings is 1. The zero-order valence-electron chi connectivity index (χ0n) is 12.2. The van der Waals surface area contributed by atoms with E-state index in [1.54, 1.807) is 24.5 Å². The van der Waals surface area contributed by atoms with Gasteiger partial charge in [-0.3, -0.25) is 14.9 Å². The number of hydrogen-bond acceptors (Lipinski definition) is 5. The van der Waals surface area contributed by atoms with Crippen LogP contribution in [0.2, 0.25) is 0 Å². The van der Waals surface area contributed by atoms with Crippen LogP contribution in [-0.4, -0.2) is 24.5 Å². The number of aryl methyl sites for hydroxylation is 1. The van der Waals surface area contributed by atoms with Gasteiger partial charge in [0.1, 0.15) is 11.7 Å². The third kappa shape index (κ3) is 3.69. The number of ether oxygens (including phenoxy) is 1. The summed E-state index contributed by atoms with van der Waals surface area (Å²) in [5.74, 6) is -0.484. The summed E-state index contributed by atoms with van der Waals surface area (Å²) in [5.41, 5.74) is -0.161. The van der Waals surface area contributed by atoms with Crippen LogP contribution in [0.25, 0.3) is 0 Å². The van der Waals surface area contributed by atoms with Gasteiger partial charge in [0.25, 0.3) is 11.6 Å². The first-order valence-corrected chi connectivity index (χ1v) is 7.45. The molecule has 22 heavy (non-hydrogen) atoms. The minimum absolute atomic E-state index is 0.0460. The van der Waals surface area contributed by atoms with Gasteiger partial charge in [-0.2, -0.15) is 0 Å². The number of hydrogen-bond donors (Lipinski definition) is 1. The van der Waals surface area contributed by atoms with Gasteiger partial charge >= 0.3 is 0 Å². The van der Waals surface area contributed by atoms with E-state index in [9.17, 15) is 14.9 Å². The van der Waals surface area contributed by atoms with E-state index in [-0.39, 0.29) is 23.9 Å². The van der Waals surface area contributed by atoms with Crippen LogP contribution >= 0.6 is 11.3 Å². The minimum Gasteiger partial charge on any atom is -0.374 e. The molecule has 0 aliphatic carbocycles. The fourth-order valence-electron chi connectivity index (χ4n) is 2.03. The zero-order chi connectivity index (χ0) is 16.1. The molecule has 1 heterocycles. The average molecular weight is 320 g/mol. The third-order valence-electron chi connectivity index (χ3n) is 3.16. The predicted octanol–water partition coefficient (Wildman–Crippen LogP) is 3.08. The van der Waals surface area contributed by atoms with Crippen molar-refractivity contribution < 1.29 is 14.5 Å². The highest BCUT2D eigenvalue weighted by atomic mass is 32.1. The molecule has 1 aromatic heterocycles. The number of nitro groups is 1. The quantitative estimate of drug-likeness (QED) is 0.655. The Morgan fingerprint density at radius 3 is 2.68 bits per heavy atom. The lowest BCUT2D eigenvalue weighted by molar-refractivity contribution is -0.385. The van der Waals surface area contributed by atoms with Crippen molar-refractivity contribution in [3.8, 4) is 0 Å². The minimum atomic E-state index is -0.564. The van der Waals surface area contributed by atoms with Crippen LogP contribution in [0.1, 0.15) is 26.2 Å². The molecule has 0 aliphatic rings. The Morgan fingerprint density at radius 1 is 1.36 bits per heavy atom. The first-order valence-electron chi connectivity index (χ1n) is 6.63. The molecule has 0 bridgehead atoms. The van der Waals surface area contributed by atoms with Gasteiger partial charge in [-0.1, -0.05) is 12.1 Å². The highest BCUT2D eigenvalue weighted by Gasteiger charge is 2.20. The van der Waals surface area contributed by atoms with Gasteiger partial charge in [0.05, 0.1) is 4.92 Å². The van der Waals surface area contributed by atoms with Gasteiger partial charge in [0.2, 0.25) is 0 Å². The highest BCUT2D eigenvalue weighted by Crippen LogP contribution is 2.25. The molecule has 6 nitrogen and oxygen atoms in total. The van der Waals surface area contributed by atoms with Gasteiger partial charge in [0.15, 0.2) is 0 Å². The lowest BCUT2D eigenvalue weighted by Crippen LogP contribution is -2.29. The third-order valence-corrected chi connectivity index (χ3v) is 4.25. The molecule has 0 saturated heterocycles. The van der Waals surface area contributed by atoms with Crippen LogP contribution in [0.5, 0.6) is 0 Å². The number of nitrogens with zero attached hydrogens (tertiary/aromatic N) is 1. The molecule has 1 atom stereocenters. The second kappa shape index (κ2) is 7.15. The summed E-state index contributed by atoms with van der Waals surface area (Å²) in [6, 6.07) is 9.80. The van der Waals surface area contributed by atoms with Crippen molar-refractivity contribution in [2.45, 2.75) is 13.0 Å². The van der Waals surface area contributed by atoms with E-state index in [4.69, 9.17) is 4.74 Å². The molecule has 2 aromatic rings. The van der Waals surface area contributed by atoms with Crippen molar-refractivity contribution in [3.63, 3.8) is 0 Å². The summed E-state index contributed by atoms with van der Waals surface area (Å²) < 4.78 is 5.38. The molecular weight excluding hydrogens is 304 g/mol. The van der Waals surface area contributed by atoms with Crippen LogP contribution in [-0.2, 0) is 4.74 Å². The number of carbonyl (C=O) groups is 1. The molecule has 1 amide bonds. The summed E-state index contributed by atoms with van der Waals surface area (Å²) in [6.45, 7) is 2.24. The Hall–Kier alpha value is -2.25.